The Morgan fingerprint density at radius 1 is 1.23 bits per heavy atom. The third kappa shape index (κ3) is 4.25. The van der Waals surface area contributed by atoms with E-state index in [2.05, 4.69) is 10.3 Å². The number of aromatic nitrogens is 2. The topological polar surface area (TPSA) is 93.0 Å². The van der Waals surface area contributed by atoms with Gasteiger partial charge in [0.25, 0.3) is 15.9 Å². The van der Waals surface area contributed by atoms with Crippen molar-refractivity contribution in [3.8, 4) is 5.75 Å². The van der Waals surface area contributed by atoms with Crippen LogP contribution in [0.15, 0.2) is 71.2 Å². The molecule has 0 atom stereocenters. The van der Waals surface area contributed by atoms with Crippen LogP contribution in [-0.2, 0) is 16.6 Å². The molecule has 0 aliphatic rings. The summed E-state index contributed by atoms with van der Waals surface area (Å²) in [4.78, 5) is 17.9. The van der Waals surface area contributed by atoms with E-state index in [0.717, 1.165) is 10.7 Å². The minimum Gasteiger partial charge on any atom is -0.497 e. The first-order chi connectivity index (χ1) is 14.9. The summed E-state index contributed by atoms with van der Waals surface area (Å²) in [5.74, 6) is 0.256. The summed E-state index contributed by atoms with van der Waals surface area (Å²) in [6.07, 6.45) is 3.74. The molecule has 0 saturated heterocycles. The summed E-state index contributed by atoms with van der Waals surface area (Å²) in [6.45, 7) is 0.246. The number of nitrogens with one attached hydrogen (secondary N) is 1. The van der Waals surface area contributed by atoms with Crippen LogP contribution in [0.1, 0.15) is 16.1 Å². The summed E-state index contributed by atoms with van der Waals surface area (Å²) in [5, 5.41) is 4.72. The first kappa shape index (κ1) is 20.9. The van der Waals surface area contributed by atoms with Crippen LogP contribution in [0.5, 0.6) is 5.75 Å². The Morgan fingerprint density at radius 2 is 2.00 bits per heavy atom. The van der Waals surface area contributed by atoms with Crippen molar-refractivity contribution in [3.05, 3.63) is 77.6 Å². The highest BCUT2D eigenvalue weighted by Gasteiger charge is 2.22. The molecule has 0 spiro atoms. The number of thiazole rings is 1. The number of imidazole rings is 1. The minimum absolute atomic E-state index is 0.0287. The van der Waals surface area contributed by atoms with Crippen LogP contribution in [0.3, 0.4) is 0 Å². The molecule has 2 heterocycles. The summed E-state index contributed by atoms with van der Waals surface area (Å²) in [7, 11) is -0.837. The zero-order valence-electron chi connectivity index (χ0n) is 16.8. The van der Waals surface area contributed by atoms with Crippen LogP contribution in [0.25, 0.3) is 4.96 Å². The van der Waals surface area contributed by atoms with E-state index in [1.165, 1.54) is 34.8 Å². The van der Waals surface area contributed by atoms with E-state index in [4.69, 9.17) is 4.74 Å². The number of methoxy groups -OCH3 is 1. The lowest BCUT2D eigenvalue weighted by Gasteiger charge is -2.20. The quantitative estimate of drug-likeness (QED) is 0.461. The number of rotatable bonds is 7. The highest BCUT2D eigenvalue weighted by atomic mass is 32.2. The molecule has 0 saturated carbocycles. The molecule has 0 aliphatic carbocycles. The van der Waals surface area contributed by atoms with Crippen molar-refractivity contribution in [2.45, 2.75) is 11.4 Å². The van der Waals surface area contributed by atoms with Gasteiger partial charge in [0, 0.05) is 30.4 Å². The fourth-order valence-electron chi connectivity index (χ4n) is 3.02. The average molecular weight is 457 g/mol. The van der Waals surface area contributed by atoms with Crippen LogP contribution >= 0.6 is 11.3 Å². The maximum Gasteiger partial charge on any atom is 0.264 e. The van der Waals surface area contributed by atoms with E-state index in [-0.39, 0.29) is 22.9 Å². The fourth-order valence-corrected chi connectivity index (χ4v) is 4.98. The second-order valence-corrected chi connectivity index (χ2v) is 9.55. The largest absolute Gasteiger partial charge is 0.497 e. The average Bonchev–Trinajstić information content (AvgIpc) is 3.39. The molecule has 4 rings (SSSR count). The Hall–Kier alpha value is -3.37. The van der Waals surface area contributed by atoms with Crippen LogP contribution < -0.4 is 14.4 Å². The van der Waals surface area contributed by atoms with Crippen molar-refractivity contribution in [2.24, 2.45) is 0 Å². The Labute approximate surface area is 183 Å². The molecule has 160 valence electrons. The smallest absolute Gasteiger partial charge is 0.264 e. The number of carbonyl (C=O) groups is 1. The van der Waals surface area contributed by atoms with Crippen LogP contribution in [0.4, 0.5) is 5.69 Å². The second kappa shape index (κ2) is 8.40. The maximum absolute atomic E-state index is 13.1. The normalized spacial score (nSPS) is 11.4. The van der Waals surface area contributed by atoms with E-state index in [9.17, 15) is 13.2 Å². The molecule has 2 aromatic heterocycles. The van der Waals surface area contributed by atoms with Crippen molar-refractivity contribution in [1.29, 1.82) is 0 Å². The summed E-state index contributed by atoms with van der Waals surface area (Å²) in [5.41, 5.74) is 1.46. The second-order valence-electron chi connectivity index (χ2n) is 6.71. The van der Waals surface area contributed by atoms with E-state index < -0.39 is 10.0 Å². The summed E-state index contributed by atoms with van der Waals surface area (Å²) >= 11 is 1.51. The molecule has 1 amide bonds. The Balaban J connectivity index is 1.50. The third-order valence-electron chi connectivity index (χ3n) is 4.76. The number of hydrogen-bond acceptors (Lipinski definition) is 6. The molecule has 1 N–H and O–H groups in total. The van der Waals surface area contributed by atoms with Crippen molar-refractivity contribution < 1.29 is 17.9 Å². The van der Waals surface area contributed by atoms with Crippen molar-refractivity contribution >= 4 is 37.9 Å². The zero-order valence-corrected chi connectivity index (χ0v) is 18.5. The number of anilines is 1. The minimum atomic E-state index is -3.85. The van der Waals surface area contributed by atoms with Crippen molar-refractivity contribution in [1.82, 2.24) is 14.7 Å². The van der Waals surface area contributed by atoms with Gasteiger partial charge in [0.15, 0.2) is 4.96 Å². The Kier molecular flexibility index (Phi) is 5.66. The molecular weight excluding hydrogens is 436 g/mol. The number of fused-ring (bicyclic) bond motifs is 1. The van der Waals surface area contributed by atoms with Crippen LogP contribution in [0, 0.1) is 0 Å². The van der Waals surface area contributed by atoms with E-state index in [1.54, 1.807) is 43.5 Å². The van der Waals surface area contributed by atoms with Gasteiger partial charge < -0.3 is 10.1 Å². The zero-order chi connectivity index (χ0) is 22.0. The summed E-state index contributed by atoms with van der Waals surface area (Å²) < 4.78 is 34.3. The van der Waals surface area contributed by atoms with Gasteiger partial charge in [-0.25, -0.2) is 13.4 Å². The maximum atomic E-state index is 13.1. The number of carbonyl (C=O) groups excluding carboxylic acids is 1. The van der Waals surface area contributed by atoms with Gasteiger partial charge in [0.1, 0.15) is 5.75 Å². The lowest BCUT2D eigenvalue weighted by molar-refractivity contribution is 0.0950. The van der Waals surface area contributed by atoms with Gasteiger partial charge >= 0.3 is 0 Å². The van der Waals surface area contributed by atoms with Gasteiger partial charge in [0.2, 0.25) is 0 Å². The molecule has 0 aliphatic heterocycles. The molecule has 8 nitrogen and oxygen atoms in total. The molecule has 10 heteroatoms. The van der Waals surface area contributed by atoms with E-state index >= 15 is 0 Å². The fraction of sp³-hybridized carbons (Fsp3) is 0.143. The van der Waals surface area contributed by atoms with E-state index in [1.807, 2.05) is 22.2 Å². The monoisotopic (exact) mass is 456 g/mol. The number of ether oxygens (including phenoxy) is 1. The molecule has 31 heavy (non-hydrogen) atoms. The number of benzene rings is 2. The number of sulfonamides is 1. The van der Waals surface area contributed by atoms with Gasteiger partial charge in [0.05, 0.1) is 29.9 Å². The lowest BCUT2D eigenvalue weighted by Crippen LogP contribution is -2.27. The molecule has 0 fully saturated rings. The van der Waals surface area contributed by atoms with Gasteiger partial charge in [-0.3, -0.25) is 13.5 Å². The molecule has 0 bridgehead atoms. The van der Waals surface area contributed by atoms with Crippen molar-refractivity contribution in [2.75, 3.05) is 18.5 Å². The molecular formula is C21H20N4O4S2. The van der Waals surface area contributed by atoms with Crippen LogP contribution in [-0.4, -0.2) is 37.9 Å². The Bertz CT molecular complexity index is 1300. The van der Waals surface area contributed by atoms with Gasteiger partial charge in [-0.15, -0.1) is 11.3 Å². The number of nitrogens with zero attached hydrogens (tertiary/aromatic N) is 3. The standard InChI is InChI=1S/C21H20N4O4S2/c1-24(17-6-8-18(29-2)9-7-17)31(27,28)19-5-3-4-15(12-19)20(26)22-13-16-14-25-10-11-30-21(25)23-16/h3-12,14H,13H2,1-2H3,(H,22,26). The van der Waals surface area contributed by atoms with Gasteiger partial charge in [-0.2, -0.15) is 0 Å². The number of amides is 1. The predicted molar refractivity (Wildman–Crippen MR) is 119 cm³/mol. The Morgan fingerprint density at radius 3 is 2.71 bits per heavy atom. The molecule has 2 aromatic carbocycles. The summed E-state index contributed by atoms with van der Waals surface area (Å²) in [6, 6.07) is 12.7. The molecule has 4 aromatic rings. The lowest BCUT2D eigenvalue weighted by atomic mass is 10.2. The SMILES string of the molecule is COc1ccc(N(C)S(=O)(=O)c2cccc(C(=O)NCc3cn4ccsc4n3)c2)cc1. The highest BCUT2D eigenvalue weighted by Crippen LogP contribution is 2.24. The van der Waals surface area contributed by atoms with Crippen molar-refractivity contribution in [3.63, 3.8) is 0 Å². The third-order valence-corrected chi connectivity index (χ3v) is 7.32. The molecule has 0 unspecified atom stereocenters. The van der Waals surface area contributed by atoms with E-state index in [0.29, 0.717) is 11.4 Å². The van der Waals surface area contributed by atoms with Gasteiger partial charge in [-0.05, 0) is 42.5 Å². The first-order valence-corrected chi connectivity index (χ1v) is 11.6. The molecule has 0 radical (unpaired) electrons. The number of hydrogen-bond donors (Lipinski definition) is 1. The predicted octanol–water partition coefficient (Wildman–Crippen LogP) is 3.16. The highest BCUT2D eigenvalue weighted by molar-refractivity contribution is 7.92. The van der Waals surface area contributed by atoms with Gasteiger partial charge in [-0.1, -0.05) is 6.07 Å². The first-order valence-electron chi connectivity index (χ1n) is 9.31. The van der Waals surface area contributed by atoms with Crippen LogP contribution in [0.2, 0.25) is 0 Å².